The molecule has 0 saturated carbocycles. The maximum Gasteiger partial charge on any atom is 0.257 e. The number of para-hydroxylation sites is 1. The summed E-state index contributed by atoms with van der Waals surface area (Å²) in [5.41, 5.74) is 2.71. The van der Waals surface area contributed by atoms with Gasteiger partial charge < -0.3 is 10.6 Å². The summed E-state index contributed by atoms with van der Waals surface area (Å²) in [7, 11) is 0. The lowest BCUT2D eigenvalue weighted by Gasteiger charge is -2.12. The fraction of sp³-hybridized carbons (Fsp3) is 0. The summed E-state index contributed by atoms with van der Waals surface area (Å²) in [6.07, 6.45) is 3.51. The van der Waals surface area contributed by atoms with Gasteiger partial charge in [0.15, 0.2) is 0 Å². The van der Waals surface area contributed by atoms with Crippen molar-refractivity contribution in [3.63, 3.8) is 0 Å². The van der Waals surface area contributed by atoms with Gasteiger partial charge in [0.05, 0.1) is 16.9 Å². The number of carbonyl (C=O) groups is 2. The predicted molar refractivity (Wildman–Crippen MR) is 117 cm³/mol. The van der Waals surface area contributed by atoms with Crippen LogP contribution in [0.5, 0.6) is 0 Å². The summed E-state index contributed by atoms with van der Waals surface area (Å²) in [6, 6.07) is 22.5. The van der Waals surface area contributed by atoms with E-state index in [1.54, 1.807) is 83.7 Å². The Morgan fingerprint density at radius 3 is 2.23 bits per heavy atom. The van der Waals surface area contributed by atoms with Crippen molar-refractivity contribution in [3.8, 4) is 5.69 Å². The largest absolute Gasteiger partial charge is 0.322 e. The van der Waals surface area contributed by atoms with E-state index in [-0.39, 0.29) is 11.8 Å². The fourth-order valence-corrected chi connectivity index (χ4v) is 3.03. The zero-order valence-corrected chi connectivity index (χ0v) is 16.5. The van der Waals surface area contributed by atoms with Gasteiger partial charge in [-0.3, -0.25) is 9.59 Å². The average Bonchev–Trinajstić information content (AvgIpc) is 3.31. The zero-order valence-electron chi connectivity index (χ0n) is 15.7. The van der Waals surface area contributed by atoms with Crippen LogP contribution in [0, 0.1) is 0 Å². The molecule has 0 spiro atoms. The van der Waals surface area contributed by atoms with Gasteiger partial charge in [-0.05, 0) is 66.7 Å². The Morgan fingerprint density at radius 2 is 1.53 bits per heavy atom. The number of aromatic nitrogens is 2. The van der Waals surface area contributed by atoms with Gasteiger partial charge in [0.1, 0.15) is 0 Å². The molecule has 0 saturated heterocycles. The van der Waals surface area contributed by atoms with Gasteiger partial charge >= 0.3 is 0 Å². The molecular weight excluding hydrogens is 400 g/mol. The number of hydrogen-bond acceptors (Lipinski definition) is 3. The van der Waals surface area contributed by atoms with E-state index in [0.717, 1.165) is 5.69 Å². The van der Waals surface area contributed by atoms with Crippen molar-refractivity contribution in [2.24, 2.45) is 0 Å². The number of nitrogens with one attached hydrogen (secondary N) is 2. The standard InChI is InChI=1S/C23H17ClN4O2/c24-17-8-10-18(11-9-17)26-23(30)20-4-1-2-5-21(20)27-22(29)16-6-12-19(13-7-16)28-15-3-14-25-28/h1-15H,(H,26,30)(H,27,29). The first-order chi connectivity index (χ1) is 14.6. The molecule has 0 atom stereocenters. The average molecular weight is 417 g/mol. The highest BCUT2D eigenvalue weighted by Gasteiger charge is 2.14. The van der Waals surface area contributed by atoms with Gasteiger partial charge in [-0.15, -0.1) is 0 Å². The Bertz CT molecular complexity index is 1170. The molecule has 6 nitrogen and oxygen atoms in total. The monoisotopic (exact) mass is 416 g/mol. The van der Waals surface area contributed by atoms with Crippen LogP contribution < -0.4 is 10.6 Å². The minimum absolute atomic E-state index is 0.311. The lowest BCUT2D eigenvalue weighted by Crippen LogP contribution is -2.18. The Balaban J connectivity index is 1.50. The van der Waals surface area contributed by atoms with Gasteiger partial charge in [-0.25, -0.2) is 4.68 Å². The lowest BCUT2D eigenvalue weighted by atomic mass is 10.1. The highest BCUT2D eigenvalue weighted by Crippen LogP contribution is 2.20. The number of anilines is 2. The molecule has 2 amide bonds. The highest BCUT2D eigenvalue weighted by atomic mass is 35.5. The van der Waals surface area contributed by atoms with Crippen LogP contribution in [0.3, 0.4) is 0 Å². The second kappa shape index (κ2) is 8.63. The number of amides is 2. The SMILES string of the molecule is O=C(Nc1ccccc1C(=O)Nc1ccc(Cl)cc1)c1ccc(-n2cccn2)cc1. The minimum Gasteiger partial charge on any atom is -0.322 e. The topological polar surface area (TPSA) is 76.0 Å². The van der Waals surface area contributed by atoms with Crippen LogP contribution in [0.1, 0.15) is 20.7 Å². The fourth-order valence-electron chi connectivity index (χ4n) is 2.90. The molecular formula is C23H17ClN4O2. The molecule has 0 bridgehead atoms. The summed E-state index contributed by atoms with van der Waals surface area (Å²) in [6.45, 7) is 0. The van der Waals surface area contributed by atoms with Crippen LogP contribution in [-0.4, -0.2) is 21.6 Å². The molecule has 3 aromatic carbocycles. The molecule has 4 aromatic rings. The number of halogens is 1. The molecule has 4 rings (SSSR count). The molecule has 1 aromatic heterocycles. The van der Waals surface area contributed by atoms with E-state index < -0.39 is 0 Å². The summed E-state index contributed by atoms with van der Waals surface area (Å²) in [4.78, 5) is 25.4. The maximum atomic E-state index is 12.7. The van der Waals surface area contributed by atoms with Crippen molar-refractivity contribution in [2.45, 2.75) is 0 Å². The zero-order chi connectivity index (χ0) is 20.9. The molecule has 0 aliphatic rings. The summed E-state index contributed by atoms with van der Waals surface area (Å²) < 4.78 is 1.71. The van der Waals surface area contributed by atoms with Crippen LogP contribution in [0.15, 0.2) is 91.3 Å². The normalized spacial score (nSPS) is 10.4. The molecule has 2 N–H and O–H groups in total. The van der Waals surface area contributed by atoms with Crippen LogP contribution >= 0.6 is 11.6 Å². The van der Waals surface area contributed by atoms with Crippen molar-refractivity contribution < 1.29 is 9.59 Å². The minimum atomic E-state index is -0.331. The first-order valence-corrected chi connectivity index (χ1v) is 9.55. The summed E-state index contributed by atoms with van der Waals surface area (Å²) in [5, 5.41) is 10.4. The van der Waals surface area contributed by atoms with Crippen molar-refractivity contribution in [1.29, 1.82) is 0 Å². The van der Waals surface area contributed by atoms with E-state index in [9.17, 15) is 9.59 Å². The molecule has 0 aliphatic carbocycles. The number of carbonyl (C=O) groups excluding carboxylic acids is 2. The maximum absolute atomic E-state index is 12.7. The van der Waals surface area contributed by atoms with E-state index in [0.29, 0.717) is 27.5 Å². The van der Waals surface area contributed by atoms with E-state index in [1.807, 2.05) is 12.3 Å². The van der Waals surface area contributed by atoms with Gasteiger partial charge in [-0.1, -0.05) is 23.7 Å². The summed E-state index contributed by atoms with van der Waals surface area (Å²) >= 11 is 5.88. The van der Waals surface area contributed by atoms with Crippen molar-refractivity contribution in [2.75, 3.05) is 10.6 Å². The molecule has 0 unspecified atom stereocenters. The molecule has 7 heteroatoms. The molecule has 148 valence electrons. The number of hydrogen-bond donors (Lipinski definition) is 2. The Morgan fingerprint density at radius 1 is 0.800 bits per heavy atom. The van der Waals surface area contributed by atoms with E-state index in [1.165, 1.54) is 0 Å². The van der Waals surface area contributed by atoms with Crippen LogP contribution in [-0.2, 0) is 0 Å². The van der Waals surface area contributed by atoms with Gasteiger partial charge in [-0.2, -0.15) is 5.10 Å². The second-order valence-electron chi connectivity index (χ2n) is 6.46. The first kappa shape index (κ1) is 19.4. The van der Waals surface area contributed by atoms with E-state index >= 15 is 0 Å². The van der Waals surface area contributed by atoms with Crippen molar-refractivity contribution >= 4 is 34.8 Å². The van der Waals surface area contributed by atoms with Gasteiger partial charge in [0.25, 0.3) is 11.8 Å². The molecule has 0 aliphatic heterocycles. The van der Waals surface area contributed by atoms with Crippen LogP contribution in [0.4, 0.5) is 11.4 Å². The number of rotatable bonds is 5. The highest BCUT2D eigenvalue weighted by molar-refractivity contribution is 6.30. The van der Waals surface area contributed by atoms with E-state index in [4.69, 9.17) is 11.6 Å². The molecule has 0 fully saturated rings. The Labute approximate surface area is 178 Å². The quantitative estimate of drug-likeness (QED) is 0.479. The third-order valence-electron chi connectivity index (χ3n) is 4.42. The van der Waals surface area contributed by atoms with Gasteiger partial charge in [0, 0.05) is 28.7 Å². The van der Waals surface area contributed by atoms with Crippen LogP contribution in [0.25, 0.3) is 5.69 Å². The van der Waals surface area contributed by atoms with Gasteiger partial charge in [0.2, 0.25) is 0 Å². The third-order valence-corrected chi connectivity index (χ3v) is 4.67. The van der Waals surface area contributed by atoms with Crippen LogP contribution in [0.2, 0.25) is 5.02 Å². The molecule has 30 heavy (non-hydrogen) atoms. The van der Waals surface area contributed by atoms with E-state index in [2.05, 4.69) is 15.7 Å². The predicted octanol–water partition coefficient (Wildman–Crippen LogP) is 5.03. The number of nitrogens with zero attached hydrogens (tertiary/aromatic N) is 2. The Kier molecular flexibility index (Phi) is 5.59. The first-order valence-electron chi connectivity index (χ1n) is 9.17. The second-order valence-corrected chi connectivity index (χ2v) is 6.89. The van der Waals surface area contributed by atoms with Crippen molar-refractivity contribution in [3.05, 3.63) is 107 Å². The summed E-state index contributed by atoms with van der Waals surface area (Å²) in [5.74, 6) is -0.643. The molecule has 0 radical (unpaired) electrons. The molecule has 1 heterocycles. The Hall–Kier alpha value is -3.90. The van der Waals surface area contributed by atoms with Crippen molar-refractivity contribution in [1.82, 2.24) is 9.78 Å². The number of benzene rings is 3. The smallest absolute Gasteiger partial charge is 0.257 e. The third kappa shape index (κ3) is 4.39. The lowest BCUT2D eigenvalue weighted by molar-refractivity contribution is 0.102.